The van der Waals surface area contributed by atoms with Crippen LogP contribution in [-0.4, -0.2) is 31.5 Å². The minimum absolute atomic E-state index is 0.0891. The van der Waals surface area contributed by atoms with Gasteiger partial charge in [-0.2, -0.15) is 0 Å². The average molecular weight is 240 g/mol. The Balaban J connectivity index is 0.000000265. The summed E-state index contributed by atoms with van der Waals surface area (Å²) < 4.78 is 9.89. The Kier molecular flexibility index (Phi) is 10.7. The van der Waals surface area contributed by atoms with Crippen LogP contribution >= 0.6 is 0 Å². The lowest BCUT2D eigenvalue weighted by atomic mass is 10.2. The predicted molar refractivity (Wildman–Crippen MR) is 70.4 cm³/mol. The quantitative estimate of drug-likeness (QED) is 0.820. The van der Waals surface area contributed by atoms with Crippen LogP contribution in [0, 0.1) is 0 Å². The summed E-state index contributed by atoms with van der Waals surface area (Å²) in [4.78, 5) is 0. The van der Waals surface area contributed by atoms with E-state index in [1.807, 2.05) is 44.2 Å². The second-order valence-electron chi connectivity index (χ2n) is 3.36. The topological polar surface area (TPSA) is 38.7 Å². The molecule has 1 aliphatic heterocycles. The van der Waals surface area contributed by atoms with Gasteiger partial charge in [0.2, 0.25) is 0 Å². The molecule has 1 aliphatic rings. The zero-order valence-electron chi connectivity index (χ0n) is 11.1. The van der Waals surface area contributed by atoms with Crippen molar-refractivity contribution in [2.24, 2.45) is 0 Å². The summed E-state index contributed by atoms with van der Waals surface area (Å²) in [5, 5.41) is 8.83. The van der Waals surface area contributed by atoms with E-state index in [-0.39, 0.29) is 6.10 Å². The fourth-order valence-electron chi connectivity index (χ4n) is 1.24. The normalized spacial score (nSPS) is 14.8. The van der Waals surface area contributed by atoms with Gasteiger partial charge in [0.05, 0.1) is 13.2 Å². The Bertz CT molecular complexity index is 243. The Hall–Kier alpha value is -1.06. The summed E-state index contributed by atoms with van der Waals surface area (Å²) in [7, 11) is 1.66. The lowest BCUT2D eigenvalue weighted by molar-refractivity contribution is 0.0140. The van der Waals surface area contributed by atoms with Gasteiger partial charge >= 0.3 is 0 Å². The summed E-state index contributed by atoms with van der Waals surface area (Å²) in [5.74, 6) is 0.910. The Morgan fingerprint density at radius 1 is 1.12 bits per heavy atom. The Labute approximate surface area is 104 Å². The van der Waals surface area contributed by atoms with Crippen molar-refractivity contribution in [3.05, 3.63) is 30.3 Å². The van der Waals surface area contributed by atoms with Crippen LogP contribution in [0.5, 0.6) is 5.75 Å². The minimum Gasteiger partial charge on any atom is -0.497 e. The highest BCUT2D eigenvalue weighted by Gasteiger charge is 2.07. The third kappa shape index (κ3) is 8.72. The van der Waals surface area contributed by atoms with Crippen molar-refractivity contribution in [2.45, 2.75) is 32.8 Å². The number of para-hydroxylation sites is 1. The molecule has 0 aliphatic carbocycles. The molecule has 1 saturated heterocycles. The number of benzene rings is 1. The summed E-state index contributed by atoms with van der Waals surface area (Å²) in [6, 6.07) is 9.68. The fraction of sp³-hybridized carbons (Fsp3) is 0.571. The molecular weight excluding hydrogens is 216 g/mol. The summed E-state index contributed by atoms with van der Waals surface area (Å²) in [6.45, 7) is 5.47. The van der Waals surface area contributed by atoms with Crippen LogP contribution in [0.1, 0.15) is 26.7 Å². The van der Waals surface area contributed by atoms with E-state index in [2.05, 4.69) is 0 Å². The molecule has 1 aromatic carbocycles. The maximum atomic E-state index is 8.83. The van der Waals surface area contributed by atoms with E-state index >= 15 is 0 Å². The van der Waals surface area contributed by atoms with E-state index in [0.29, 0.717) is 0 Å². The third-order valence-corrected chi connectivity index (χ3v) is 2.17. The van der Waals surface area contributed by atoms with Gasteiger partial charge in [-0.05, 0) is 25.0 Å². The van der Waals surface area contributed by atoms with Crippen molar-refractivity contribution in [3.63, 3.8) is 0 Å². The standard InChI is InChI=1S/C7H8O.C5H10O2.C2H6/c1-8-7-5-3-2-4-6-7;6-5-1-3-7-4-2-5;1-2/h2-6H,1H3;5-6H,1-4H2;1-2H3. The maximum Gasteiger partial charge on any atom is 0.118 e. The molecule has 0 bridgehead atoms. The lowest BCUT2D eigenvalue weighted by Gasteiger charge is -2.15. The fourth-order valence-corrected chi connectivity index (χ4v) is 1.24. The van der Waals surface area contributed by atoms with Crippen molar-refractivity contribution >= 4 is 0 Å². The summed E-state index contributed by atoms with van der Waals surface area (Å²) in [6.07, 6.45) is 1.55. The molecule has 0 atom stereocenters. The van der Waals surface area contributed by atoms with Crippen molar-refractivity contribution in [3.8, 4) is 5.75 Å². The molecule has 1 fully saturated rings. The van der Waals surface area contributed by atoms with E-state index in [0.717, 1.165) is 31.8 Å². The molecule has 2 rings (SSSR count). The van der Waals surface area contributed by atoms with E-state index in [4.69, 9.17) is 14.6 Å². The monoisotopic (exact) mass is 240 g/mol. The molecule has 17 heavy (non-hydrogen) atoms. The van der Waals surface area contributed by atoms with Crippen LogP contribution < -0.4 is 4.74 Å². The molecule has 0 amide bonds. The van der Waals surface area contributed by atoms with Crippen molar-refractivity contribution in [1.29, 1.82) is 0 Å². The van der Waals surface area contributed by atoms with Crippen LogP contribution in [0.2, 0.25) is 0 Å². The molecular formula is C14H24O3. The van der Waals surface area contributed by atoms with Crippen molar-refractivity contribution < 1.29 is 14.6 Å². The first-order valence-corrected chi connectivity index (χ1v) is 6.18. The molecule has 1 heterocycles. The molecule has 0 spiro atoms. The number of ether oxygens (including phenoxy) is 2. The summed E-state index contributed by atoms with van der Waals surface area (Å²) in [5.41, 5.74) is 0. The zero-order valence-corrected chi connectivity index (χ0v) is 11.1. The number of methoxy groups -OCH3 is 1. The summed E-state index contributed by atoms with van der Waals surface area (Å²) >= 11 is 0. The van der Waals surface area contributed by atoms with Gasteiger partial charge in [0.25, 0.3) is 0 Å². The van der Waals surface area contributed by atoms with E-state index in [1.165, 1.54) is 0 Å². The van der Waals surface area contributed by atoms with E-state index in [1.54, 1.807) is 7.11 Å². The number of rotatable bonds is 1. The average Bonchev–Trinajstić information content (AvgIpc) is 2.43. The molecule has 0 unspecified atom stereocenters. The van der Waals surface area contributed by atoms with Gasteiger partial charge in [-0.15, -0.1) is 0 Å². The van der Waals surface area contributed by atoms with Crippen molar-refractivity contribution in [2.75, 3.05) is 20.3 Å². The van der Waals surface area contributed by atoms with Gasteiger partial charge in [0, 0.05) is 13.2 Å². The largest absolute Gasteiger partial charge is 0.497 e. The lowest BCUT2D eigenvalue weighted by Crippen LogP contribution is -2.19. The molecule has 0 saturated carbocycles. The van der Waals surface area contributed by atoms with Gasteiger partial charge in [0.15, 0.2) is 0 Å². The first-order valence-electron chi connectivity index (χ1n) is 6.18. The predicted octanol–water partition coefficient (Wildman–Crippen LogP) is 2.88. The van der Waals surface area contributed by atoms with Crippen LogP contribution in [0.15, 0.2) is 30.3 Å². The molecule has 98 valence electrons. The van der Waals surface area contributed by atoms with Gasteiger partial charge in [-0.25, -0.2) is 0 Å². The van der Waals surface area contributed by atoms with Crippen LogP contribution in [0.25, 0.3) is 0 Å². The molecule has 1 aromatic rings. The molecule has 0 radical (unpaired) electrons. The molecule has 3 heteroatoms. The van der Waals surface area contributed by atoms with Gasteiger partial charge < -0.3 is 14.6 Å². The minimum atomic E-state index is -0.0891. The van der Waals surface area contributed by atoms with E-state index in [9.17, 15) is 0 Å². The molecule has 3 nitrogen and oxygen atoms in total. The van der Waals surface area contributed by atoms with Gasteiger partial charge in [0.1, 0.15) is 5.75 Å². The smallest absolute Gasteiger partial charge is 0.118 e. The second kappa shape index (κ2) is 11.4. The third-order valence-electron chi connectivity index (χ3n) is 2.17. The van der Waals surface area contributed by atoms with Gasteiger partial charge in [-0.3, -0.25) is 0 Å². The second-order valence-corrected chi connectivity index (χ2v) is 3.36. The Morgan fingerprint density at radius 2 is 1.65 bits per heavy atom. The van der Waals surface area contributed by atoms with Crippen LogP contribution in [0.4, 0.5) is 0 Å². The first-order chi connectivity index (χ1) is 8.33. The highest BCUT2D eigenvalue weighted by Crippen LogP contribution is 2.05. The van der Waals surface area contributed by atoms with Crippen LogP contribution in [-0.2, 0) is 4.74 Å². The zero-order chi connectivity index (χ0) is 12.9. The first kappa shape index (κ1) is 15.9. The maximum absolute atomic E-state index is 8.83. The molecule has 0 aromatic heterocycles. The van der Waals surface area contributed by atoms with E-state index < -0.39 is 0 Å². The molecule has 1 N–H and O–H groups in total. The highest BCUT2D eigenvalue weighted by atomic mass is 16.5. The van der Waals surface area contributed by atoms with Crippen molar-refractivity contribution in [1.82, 2.24) is 0 Å². The number of hydrogen-bond acceptors (Lipinski definition) is 3. The number of hydrogen-bond donors (Lipinski definition) is 1. The Morgan fingerprint density at radius 3 is 1.94 bits per heavy atom. The van der Waals surface area contributed by atoms with Gasteiger partial charge in [-0.1, -0.05) is 32.0 Å². The number of aliphatic hydroxyl groups excluding tert-OH is 1. The number of aliphatic hydroxyl groups is 1. The van der Waals surface area contributed by atoms with Crippen LogP contribution in [0.3, 0.4) is 0 Å². The SMILES string of the molecule is CC.COc1ccccc1.OC1CCOCC1. The highest BCUT2D eigenvalue weighted by molar-refractivity contribution is 5.20.